The SMILES string of the molecule is C#CCOc1ccc(C(=O)c2ccc3c(c2)OCO3)cc1. The Hall–Kier alpha value is -2.93. The van der Waals surface area contributed by atoms with E-state index in [1.807, 2.05) is 0 Å². The zero-order valence-electron chi connectivity index (χ0n) is 11.2. The Morgan fingerprint density at radius 1 is 1.10 bits per heavy atom. The van der Waals surface area contributed by atoms with Crippen molar-refractivity contribution in [1.29, 1.82) is 0 Å². The van der Waals surface area contributed by atoms with Gasteiger partial charge in [0, 0.05) is 11.1 Å². The average Bonchev–Trinajstić information content (AvgIpc) is 3.00. The van der Waals surface area contributed by atoms with Crippen molar-refractivity contribution in [2.75, 3.05) is 13.4 Å². The minimum absolute atomic E-state index is 0.0863. The molecule has 0 amide bonds. The van der Waals surface area contributed by atoms with Crippen LogP contribution in [0, 0.1) is 12.3 Å². The normalized spacial score (nSPS) is 11.8. The molecule has 3 rings (SSSR count). The minimum Gasteiger partial charge on any atom is -0.481 e. The summed E-state index contributed by atoms with van der Waals surface area (Å²) >= 11 is 0. The van der Waals surface area contributed by atoms with Gasteiger partial charge in [-0.15, -0.1) is 6.42 Å². The molecule has 0 atom stereocenters. The third-order valence-corrected chi connectivity index (χ3v) is 3.07. The summed E-state index contributed by atoms with van der Waals surface area (Å²) in [5.41, 5.74) is 1.12. The molecule has 0 saturated heterocycles. The summed E-state index contributed by atoms with van der Waals surface area (Å²) in [6, 6.07) is 12.0. The fraction of sp³-hybridized carbons (Fsp3) is 0.118. The number of ether oxygens (including phenoxy) is 3. The Morgan fingerprint density at radius 2 is 1.81 bits per heavy atom. The van der Waals surface area contributed by atoms with E-state index in [1.165, 1.54) is 0 Å². The Labute approximate surface area is 122 Å². The molecule has 1 heterocycles. The first-order chi connectivity index (χ1) is 10.3. The zero-order valence-corrected chi connectivity index (χ0v) is 11.2. The van der Waals surface area contributed by atoms with Gasteiger partial charge in [0.25, 0.3) is 0 Å². The van der Waals surface area contributed by atoms with Crippen LogP contribution in [0.15, 0.2) is 42.5 Å². The number of rotatable bonds is 4. The van der Waals surface area contributed by atoms with E-state index in [0.29, 0.717) is 28.4 Å². The van der Waals surface area contributed by atoms with Gasteiger partial charge >= 0.3 is 0 Å². The predicted molar refractivity (Wildman–Crippen MR) is 76.8 cm³/mol. The summed E-state index contributed by atoms with van der Waals surface area (Å²) in [5, 5.41) is 0. The molecule has 1 aliphatic rings. The lowest BCUT2D eigenvalue weighted by molar-refractivity contribution is 0.103. The molecule has 0 bridgehead atoms. The number of hydrogen-bond acceptors (Lipinski definition) is 4. The van der Waals surface area contributed by atoms with Crippen LogP contribution in [0.1, 0.15) is 15.9 Å². The summed E-state index contributed by atoms with van der Waals surface area (Å²) in [6.45, 7) is 0.393. The predicted octanol–water partition coefficient (Wildman–Crippen LogP) is 2.66. The van der Waals surface area contributed by atoms with E-state index in [1.54, 1.807) is 42.5 Å². The molecule has 4 nitrogen and oxygen atoms in total. The van der Waals surface area contributed by atoms with Gasteiger partial charge in [-0.1, -0.05) is 5.92 Å². The second-order valence-corrected chi connectivity index (χ2v) is 4.41. The van der Waals surface area contributed by atoms with E-state index in [-0.39, 0.29) is 19.2 Å². The Bertz CT molecular complexity index is 711. The fourth-order valence-electron chi connectivity index (χ4n) is 2.03. The topological polar surface area (TPSA) is 44.8 Å². The Kier molecular flexibility index (Phi) is 3.48. The highest BCUT2D eigenvalue weighted by molar-refractivity contribution is 6.09. The molecule has 4 heteroatoms. The van der Waals surface area contributed by atoms with Crippen LogP contribution in [-0.2, 0) is 0 Å². The van der Waals surface area contributed by atoms with Crippen molar-refractivity contribution in [3.05, 3.63) is 53.6 Å². The van der Waals surface area contributed by atoms with Crippen molar-refractivity contribution in [2.24, 2.45) is 0 Å². The molecule has 2 aromatic rings. The highest BCUT2D eigenvalue weighted by Gasteiger charge is 2.17. The molecule has 2 aromatic carbocycles. The molecule has 0 radical (unpaired) electrons. The van der Waals surface area contributed by atoms with Crippen LogP contribution in [0.5, 0.6) is 17.2 Å². The van der Waals surface area contributed by atoms with Crippen molar-refractivity contribution >= 4 is 5.78 Å². The highest BCUT2D eigenvalue weighted by atomic mass is 16.7. The number of terminal acetylenes is 1. The van der Waals surface area contributed by atoms with Crippen LogP contribution in [0.25, 0.3) is 0 Å². The first-order valence-corrected chi connectivity index (χ1v) is 6.38. The zero-order chi connectivity index (χ0) is 14.7. The maximum absolute atomic E-state index is 12.4. The van der Waals surface area contributed by atoms with Crippen LogP contribution < -0.4 is 14.2 Å². The van der Waals surface area contributed by atoms with Gasteiger partial charge in [0.15, 0.2) is 17.3 Å². The monoisotopic (exact) mass is 280 g/mol. The maximum atomic E-state index is 12.4. The summed E-state index contributed by atoms with van der Waals surface area (Å²) < 4.78 is 15.8. The van der Waals surface area contributed by atoms with E-state index in [9.17, 15) is 4.79 Å². The molecule has 0 unspecified atom stereocenters. The first-order valence-electron chi connectivity index (χ1n) is 6.38. The van der Waals surface area contributed by atoms with E-state index < -0.39 is 0 Å². The minimum atomic E-state index is -0.0863. The largest absolute Gasteiger partial charge is 0.481 e. The number of hydrogen-bond donors (Lipinski definition) is 0. The van der Waals surface area contributed by atoms with E-state index in [0.717, 1.165) is 0 Å². The summed E-state index contributed by atoms with van der Waals surface area (Å²) in [7, 11) is 0. The Morgan fingerprint density at radius 3 is 2.57 bits per heavy atom. The van der Waals surface area contributed by atoms with Crippen LogP contribution in [0.3, 0.4) is 0 Å². The molecule has 0 N–H and O–H groups in total. The third kappa shape index (κ3) is 2.67. The van der Waals surface area contributed by atoms with Crippen LogP contribution in [0.2, 0.25) is 0 Å². The molecule has 0 spiro atoms. The van der Waals surface area contributed by atoms with Crippen molar-refractivity contribution < 1.29 is 19.0 Å². The molecule has 0 saturated carbocycles. The molecule has 104 valence electrons. The van der Waals surface area contributed by atoms with Gasteiger partial charge in [-0.2, -0.15) is 0 Å². The van der Waals surface area contributed by atoms with Gasteiger partial charge in [-0.3, -0.25) is 4.79 Å². The Balaban J connectivity index is 1.80. The average molecular weight is 280 g/mol. The molecule has 0 aliphatic carbocycles. The van der Waals surface area contributed by atoms with Gasteiger partial charge in [0.1, 0.15) is 12.4 Å². The van der Waals surface area contributed by atoms with Gasteiger partial charge < -0.3 is 14.2 Å². The number of carbonyl (C=O) groups is 1. The van der Waals surface area contributed by atoms with Crippen LogP contribution in [0.4, 0.5) is 0 Å². The fourth-order valence-corrected chi connectivity index (χ4v) is 2.03. The van der Waals surface area contributed by atoms with Gasteiger partial charge in [0.2, 0.25) is 6.79 Å². The highest BCUT2D eigenvalue weighted by Crippen LogP contribution is 2.33. The van der Waals surface area contributed by atoms with Crippen LogP contribution >= 0.6 is 0 Å². The van der Waals surface area contributed by atoms with Gasteiger partial charge in [-0.25, -0.2) is 0 Å². The van der Waals surface area contributed by atoms with Crippen molar-refractivity contribution in [2.45, 2.75) is 0 Å². The van der Waals surface area contributed by atoms with Crippen molar-refractivity contribution in [1.82, 2.24) is 0 Å². The second-order valence-electron chi connectivity index (χ2n) is 4.41. The molecular weight excluding hydrogens is 268 g/mol. The van der Waals surface area contributed by atoms with E-state index in [2.05, 4.69) is 5.92 Å². The van der Waals surface area contributed by atoms with E-state index >= 15 is 0 Å². The van der Waals surface area contributed by atoms with E-state index in [4.69, 9.17) is 20.6 Å². The number of carbonyl (C=O) groups excluding carboxylic acids is 1. The lowest BCUT2D eigenvalue weighted by Gasteiger charge is -2.05. The molecule has 21 heavy (non-hydrogen) atoms. The quantitative estimate of drug-likeness (QED) is 0.638. The van der Waals surface area contributed by atoms with Crippen LogP contribution in [-0.4, -0.2) is 19.2 Å². The first kappa shape index (κ1) is 13.1. The number of ketones is 1. The maximum Gasteiger partial charge on any atom is 0.231 e. The third-order valence-electron chi connectivity index (χ3n) is 3.07. The standard InChI is InChI=1S/C17H12O4/c1-2-9-19-14-6-3-12(4-7-14)17(18)13-5-8-15-16(10-13)21-11-20-15/h1,3-8,10H,9,11H2. The smallest absolute Gasteiger partial charge is 0.231 e. The summed E-state index contributed by atoms with van der Waals surface area (Å²) in [6.07, 6.45) is 5.12. The lowest BCUT2D eigenvalue weighted by atomic mass is 10.0. The van der Waals surface area contributed by atoms with Crippen molar-refractivity contribution in [3.8, 4) is 29.6 Å². The number of benzene rings is 2. The second kappa shape index (κ2) is 5.59. The molecular formula is C17H12O4. The molecule has 0 aromatic heterocycles. The van der Waals surface area contributed by atoms with Gasteiger partial charge in [0.05, 0.1) is 0 Å². The molecule has 1 aliphatic heterocycles. The summed E-state index contributed by atoms with van der Waals surface area (Å²) in [4.78, 5) is 12.4. The lowest BCUT2D eigenvalue weighted by Crippen LogP contribution is -2.01. The van der Waals surface area contributed by atoms with Gasteiger partial charge in [-0.05, 0) is 42.5 Å². The van der Waals surface area contributed by atoms with Crippen molar-refractivity contribution in [3.63, 3.8) is 0 Å². The number of fused-ring (bicyclic) bond motifs is 1. The molecule has 0 fully saturated rings. The summed E-state index contributed by atoms with van der Waals surface area (Å²) in [5.74, 6) is 4.19.